The maximum Gasteiger partial charge on any atom is 0.176 e. The first-order chi connectivity index (χ1) is 19.0. The molecule has 4 aromatic rings. The van der Waals surface area contributed by atoms with E-state index in [9.17, 15) is 10.5 Å². The van der Waals surface area contributed by atoms with Crippen molar-refractivity contribution in [2.45, 2.75) is 0 Å². The van der Waals surface area contributed by atoms with Crippen molar-refractivity contribution in [2.24, 2.45) is 0 Å². The second kappa shape index (κ2) is 13.2. The summed E-state index contributed by atoms with van der Waals surface area (Å²) in [7, 11) is 0. The van der Waals surface area contributed by atoms with E-state index >= 15 is 0 Å². The molecular formula is C28H19Cl2N7OS. The molecule has 1 heterocycles. The summed E-state index contributed by atoms with van der Waals surface area (Å²) < 4.78 is 5.77. The molecule has 0 bridgehead atoms. The van der Waals surface area contributed by atoms with E-state index in [1.807, 2.05) is 54.6 Å². The molecule has 0 spiro atoms. The van der Waals surface area contributed by atoms with Gasteiger partial charge in [0.05, 0.1) is 27.8 Å². The fourth-order valence-corrected chi connectivity index (χ4v) is 4.05. The monoisotopic (exact) mass is 571 g/mol. The molecule has 4 rings (SSSR count). The van der Waals surface area contributed by atoms with Crippen LogP contribution in [0, 0.1) is 22.7 Å². The van der Waals surface area contributed by atoms with Crippen LogP contribution in [-0.2, 0) is 0 Å². The number of nitrogens with one attached hydrogen (secondary N) is 3. The third kappa shape index (κ3) is 7.44. The number of rotatable bonds is 8. The molecule has 0 unspecified atom stereocenters. The van der Waals surface area contributed by atoms with Crippen molar-refractivity contribution in [2.75, 3.05) is 22.6 Å². The number of allylic oxidation sites excluding steroid dienone is 1. The van der Waals surface area contributed by atoms with Crippen molar-refractivity contribution in [3.63, 3.8) is 0 Å². The number of thiocarbonyl (C=S) groups is 1. The van der Waals surface area contributed by atoms with Crippen LogP contribution in [0.1, 0.15) is 0 Å². The second-order valence-corrected chi connectivity index (χ2v) is 9.11. The zero-order chi connectivity index (χ0) is 27.6. The Kier molecular flexibility index (Phi) is 9.28. The van der Waals surface area contributed by atoms with Gasteiger partial charge < -0.3 is 20.7 Å². The highest BCUT2D eigenvalue weighted by atomic mass is 35.5. The molecule has 3 aromatic carbocycles. The number of nitriles is 2. The van der Waals surface area contributed by atoms with E-state index in [4.69, 9.17) is 40.2 Å². The Morgan fingerprint density at radius 3 is 2.15 bits per heavy atom. The molecule has 0 aliphatic rings. The second-order valence-electron chi connectivity index (χ2n) is 7.86. The third-order valence-electron chi connectivity index (χ3n) is 5.23. The predicted octanol–water partition coefficient (Wildman–Crippen LogP) is 7.05. The minimum absolute atomic E-state index is 0.127. The molecule has 0 aliphatic heterocycles. The lowest BCUT2D eigenvalue weighted by molar-refractivity contribution is 0.353. The third-order valence-corrected chi connectivity index (χ3v) is 5.96. The topological polar surface area (TPSA) is 119 Å². The van der Waals surface area contributed by atoms with Crippen LogP contribution in [0.4, 0.5) is 17.2 Å². The fourth-order valence-electron chi connectivity index (χ4n) is 3.37. The van der Waals surface area contributed by atoms with Crippen LogP contribution in [0.3, 0.4) is 0 Å². The lowest BCUT2D eigenvalue weighted by atomic mass is 10.1. The molecule has 0 saturated carbocycles. The molecule has 0 atom stereocenters. The Balaban J connectivity index is 1.47. The van der Waals surface area contributed by atoms with Crippen LogP contribution in [0.5, 0.6) is 5.75 Å². The number of benzene rings is 3. The summed E-state index contributed by atoms with van der Waals surface area (Å²) in [6, 6.07) is 29.0. The van der Waals surface area contributed by atoms with E-state index in [0.29, 0.717) is 33.0 Å². The van der Waals surface area contributed by atoms with E-state index in [1.54, 1.807) is 36.4 Å². The highest BCUT2D eigenvalue weighted by molar-refractivity contribution is 7.80. The van der Waals surface area contributed by atoms with Gasteiger partial charge in [0, 0.05) is 10.6 Å². The molecular weight excluding hydrogens is 553 g/mol. The van der Waals surface area contributed by atoms with Crippen molar-refractivity contribution < 1.29 is 4.74 Å². The van der Waals surface area contributed by atoms with Crippen LogP contribution >= 0.6 is 35.4 Å². The number of para-hydroxylation sites is 2. The van der Waals surface area contributed by atoms with Crippen molar-refractivity contribution in [1.29, 1.82) is 10.5 Å². The summed E-state index contributed by atoms with van der Waals surface area (Å²) in [6.07, 6.45) is 0. The van der Waals surface area contributed by atoms with Crippen LogP contribution in [0.15, 0.2) is 96.2 Å². The lowest BCUT2D eigenvalue weighted by Gasteiger charge is -2.17. The molecule has 11 heteroatoms. The first-order valence-corrected chi connectivity index (χ1v) is 12.6. The van der Waals surface area contributed by atoms with Gasteiger partial charge in [0.15, 0.2) is 16.5 Å². The van der Waals surface area contributed by atoms with Gasteiger partial charge in [-0.15, -0.1) is 10.2 Å². The summed E-state index contributed by atoms with van der Waals surface area (Å²) in [5.41, 5.74) is 2.92. The largest absolute Gasteiger partial charge is 0.486 e. The first-order valence-electron chi connectivity index (χ1n) is 11.4. The molecule has 0 fully saturated rings. The van der Waals surface area contributed by atoms with E-state index in [1.165, 1.54) is 6.07 Å². The molecule has 0 aliphatic carbocycles. The van der Waals surface area contributed by atoms with Crippen LogP contribution in [0.25, 0.3) is 11.3 Å². The van der Waals surface area contributed by atoms with Gasteiger partial charge in [-0.25, -0.2) is 0 Å². The number of nitrogens with zero attached hydrogens (tertiary/aromatic N) is 4. The van der Waals surface area contributed by atoms with Gasteiger partial charge in [0.25, 0.3) is 0 Å². The Hall–Kier alpha value is -4.67. The molecule has 0 radical (unpaired) electrons. The van der Waals surface area contributed by atoms with E-state index in [0.717, 1.165) is 11.3 Å². The van der Waals surface area contributed by atoms with E-state index in [-0.39, 0.29) is 23.0 Å². The van der Waals surface area contributed by atoms with Gasteiger partial charge in [-0.3, -0.25) is 0 Å². The maximum absolute atomic E-state index is 9.51. The van der Waals surface area contributed by atoms with Crippen LogP contribution in [0.2, 0.25) is 10.0 Å². The summed E-state index contributed by atoms with van der Waals surface area (Å²) in [6.45, 7) is -0.127. The van der Waals surface area contributed by atoms with Gasteiger partial charge in [0.2, 0.25) is 0 Å². The smallest absolute Gasteiger partial charge is 0.176 e. The average molecular weight is 572 g/mol. The molecule has 8 nitrogen and oxygen atoms in total. The summed E-state index contributed by atoms with van der Waals surface area (Å²) in [5.74, 6) is 0.814. The average Bonchev–Trinajstić information content (AvgIpc) is 2.95. The molecule has 3 N–H and O–H groups in total. The van der Waals surface area contributed by atoms with Crippen molar-refractivity contribution in [1.82, 2.24) is 10.2 Å². The van der Waals surface area contributed by atoms with Crippen LogP contribution < -0.4 is 20.7 Å². The number of halogens is 2. The normalized spacial score (nSPS) is 9.95. The van der Waals surface area contributed by atoms with Gasteiger partial charge in [-0.1, -0.05) is 65.7 Å². The van der Waals surface area contributed by atoms with Crippen molar-refractivity contribution in [3.8, 4) is 29.1 Å². The number of anilines is 3. The highest BCUT2D eigenvalue weighted by Crippen LogP contribution is 2.29. The Bertz CT molecular complexity index is 1580. The molecule has 39 heavy (non-hydrogen) atoms. The standard InChI is InChI=1S/C28H19Cl2N7OS/c29-20-10-12-26(21(30)14-20)38-17-25(19(15-31)16-32)33-23-8-4-5-9-24(23)34-28(39)35-27-13-11-22(36-37-27)18-6-2-1-3-7-18/h1-14,33H,17H2,(H2,34,35,37,39). The molecule has 192 valence electrons. The lowest BCUT2D eigenvalue weighted by Crippen LogP contribution is -2.21. The number of ether oxygens (including phenoxy) is 1. The number of hydrogen-bond donors (Lipinski definition) is 3. The minimum Gasteiger partial charge on any atom is -0.486 e. The first kappa shape index (κ1) is 27.4. The van der Waals surface area contributed by atoms with Gasteiger partial charge in [-0.05, 0) is 54.7 Å². The van der Waals surface area contributed by atoms with Gasteiger partial charge in [0.1, 0.15) is 24.5 Å². The Labute approximate surface area is 240 Å². The summed E-state index contributed by atoms with van der Waals surface area (Å²) in [4.78, 5) is 0. The van der Waals surface area contributed by atoms with Gasteiger partial charge >= 0.3 is 0 Å². The van der Waals surface area contributed by atoms with E-state index < -0.39 is 0 Å². The minimum atomic E-state index is -0.149. The maximum atomic E-state index is 9.51. The van der Waals surface area contributed by atoms with Crippen molar-refractivity contribution in [3.05, 3.63) is 106 Å². The zero-order valence-electron chi connectivity index (χ0n) is 20.2. The Morgan fingerprint density at radius 2 is 1.51 bits per heavy atom. The van der Waals surface area contributed by atoms with Crippen LogP contribution in [-0.4, -0.2) is 21.9 Å². The molecule has 1 aromatic heterocycles. The molecule has 0 saturated heterocycles. The predicted molar refractivity (Wildman–Crippen MR) is 158 cm³/mol. The van der Waals surface area contributed by atoms with Crippen molar-refractivity contribution >= 4 is 57.7 Å². The number of hydrogen-bond acceptors (Lipinski definition) is 7. The zero-order valence-corrected chi connectivity index (χ0v) is 22.5. The quantitative estimate of drug-likeness (QED) is 0.151. The Morgan fingerprint density at radius 1 is 0.821 bits per heavy atom. The fraction of sp³-hybridized carbons (Fsp3) is 0.0357. The van der Waals surface area contributed by atoms with Gasteiger partial charge in [-0.2, -0.15) is 10.5 Å². The summed E-state index contributed by atoms with van der Waals surface area (Å²) >= 11 is 17.6. The van der Waals surface area contributed by atoms with E-state index in [2.05, 4.69) is 26.1 Å². The highest BCUT2D eigenvalue weighted by Gasteiger charge is 2.13. The summed E-state index contributed by atoms with van der Waals surface area (Å²) in [5, 5.41) is 37.7. The molecule has 0 amide bonds. The SMILES string of the molecule is N#CC(C#N)=C(COc1ccc(Cl)cc1Cl)Nc1ccccc1NC(=S)Nc1ccc(-c2ccccc2)nn1. The number of aromatic nitrogens is 2.